The maximum absolute atomic E-state index is 8.70. The molecule has 0 amide bonds. The minimum Gasteiger partial charge on any atom is -0.491 e. The number of rotatable bonds is 5. The molecule has 20 heavy (non-hydrogen) atoms. The zero-order chi connectivity index (χ0) is 15.0. The van der Waals surface area contributed by atoms with Crippen LogP contribution in [0.5, 0.6) is 5.75 Å². The summed E-state index contributed by atoms with van der Waals surface area (Å²) in [5.41, 5.74) is 1.91. The van der Waals surface area contributed by atoms with Crippen LogP contribution in [-0.2, 0) is 4.74 Å². The highest BCUT2D eigenvalue weighted by Gasteiger charge is 2.09. The molecule has 1 aromatic carbocycles. The Morgan fingerprint density at radius 3 is 2.55 bits per heavy atom. The first-order valence-electron chi connectivity index (χ1n) is 6.89. The van der Waals surface area contributed by atoms with E-state index in [0.717, 1.165) is 16.9 Å². The summed E-state index contributed by atoms with van der Waals surface area (Å²) in [4.78, 5) is 0. The highest BCUT2D eigenvalue weighted by molar-refractivity contribution is 5.44. The molecule has 0 aliphatic carbocycles. The second kappa shape index (κ2) is 7.94. The fourth-order valence-electron chi connectivity index (χ4n) is 1.59. The zero-order valence-corrected chi connectivity index (χ0v) is 12.8. The molecule has 1 aromatic rings. The van der Waals surface area contributed by atoms with E-state index in [4.69, 9.17) is 14.6 Å². The Balaban J connectivity index is 2.50. The van der Waals surface area contributed by atoms with Crippen molar-refractivity contribution in [1.29, 1.82) is 0 Å². The lowest BCUT2D eigenvalue weighted by atomic mass is 10.1. The largest absolute Gasteiger partial charge is 0.491 e. The molecule has 0 spiro atoms. The molecule has 0 aliphatic heterocycles. The van der Waals surface area contributed by atoms with Crippen molar-refractivity contribution < 1.29 is 14.6 Å². The number of hydrogen-bond donors (Lipinski definition) is 1. The lowest BCUT2D eigenvalue weighted by molar-refractivity contribution is -0.0163. The first-order valence-corrected chi connectivity index (χ1v) is 6.89. The molecule has 0 fully saturated rings. The van der Waals surface area contributed by atoms with Crippen molar-refractivity contribution in [1.82, 2.24) is 0 Å². The van der Waals surface area contributed by atoms with Crippen molar-refractivity contribution in [2.75, 3.05) is 19.8 Å². The van der Waals surface area contributed by atoms with E-state index in [1.807, 2.05) is 45.9 Å². The van der Waals surface area contributed by atoms with Gasteiger partial charge in [0.15, 0.2) is 0 Å². The van der Waals surface area contributed by atoms with Crippen LogP contribution in [0.15, 0.2) is 18.2 Å². The Morgan fingerprint density at radius 1 is 1.20 bits per heavy atom. The van der Waals surface area contributed by atoms with Crippen LogP contribution in [0.25, 0.3) is 0 Å². The average Bonchev–Trinajstić information content (AvgIpc) is 2.36. The Morgan fingerprint density at radius 2 is 1.95 bits per heavy atom. The lowest BCUT2D eigenvalue weighted by Crippen LogP contribution is -2.22. The van der Waals surface area contributed by atoms with Gasteiger partial charge >= 0.3 is 0 Å². The number of aliphatic hydroxyl groups excluding tert-OH is 1. The van der Waals surface area contributed by atoms with Crippen LogP contribution < -0.4 is 4.74 Å². The second-order valence-electron chi connectivity index (χ2n) is 5.56. The van der Waals surface area contributed by atoms with E-state index in [1.165, 1.54) is 0 Å². The standard InChI is InChI=1S/C17H24O3/c1-14-13-16(19-11-12-20-17(2,3)4)9-8-15(14)7-5-6-10-18/h8-9,13,18H,6,10-12H2,1-4H3. The number of benzene rings is 1. The highest BCUT2D eigenvalue weighted by atomic mass is 16.5. The van der Waals surface area contributed by atoms with Gasteiger partial charge in [0.2, 0.25) is 0 Å². The van der Waals surface area contributed by atoms with Gasteiger partial charge in [0, 0.05) is 12.0 Å². The van der Waals surface area contributed by atoms with Gasteiger partial charge < -0.3 is 14.6 Å². The molecule has 110 valence electrons. The molecule has 0 bridgehead atoms. The number of ether oxygens (including phenoxy) is 2. The van der Waals surface area contributed by atoms with Crippen molar-refractivity contribution in [3.63, 3.8) is 0 Å². The monoisotopic (exact) mass is 276 g/mol. The summed E-state index contributed by atoms with van der Waals surface area (Å²) in [5.74, 6) is 6.78. The van der Waals surface area contributed by atoms with E-state index >= 15 is 0 Å². The van der Waals surface area contributed by atoms with Crippen molar-refractivity contribution in [2.24, 2.45) is 0 Å². The highest BCUT2D eigenvalue weighted by Crippen LogP contribution is 2.17. The number of aliphatic hydroxyl groups is 1. The number of hydrogen-bond acceptors (Lipinski definition) is 3. The van der Waals surface area contributed by atoms with Crippen molar-refractivity contribution in [3.05, 3.63) is 29.3 Å². The van der Waals surface area contributed by atoms with Crippen LogP contribution in [0.3, 0.4) is 0 Å². The van der Waals surface area contributed by atoms with E-state index in [9.17, 15) is 0 Å². The van der Waals surface area contributed by atoms with E-state index in [2.05, 4.69) is 11.8 Å². The van der Waals surface area contributed by atoms with Gasteiger partial charge in [-0.2, -0.15) is 0 Å². The van der Waals surface area contributed by atoms with Gasteiger partial charge in [-0.25, -0.2) is 0 Å². The molecule has 0 heterocycles. The van der Waals surface area contributed by atoms with Crippen LogP contribution >= 0.6 is 0 Å². The quantitative estimate of drug-likeness (QED) is 0.664. The SMILES string of the molecule is Cc1cc(OCCOC(C)(C)C)ccc1C#CCCO. The summed E-state index contributed by atoms with van der Waals surface area (Å²) in [6, 6.07) is 5.83. The Kier molecular flexibility index (Phi) is 6.57. The third kappa shape index (κ3) is 6.60. The van der Waals surface area contributed by atoms with E-state index in [-0.39, 0.29) is 12.2 Å². The maximum atomic E-state index is 8.70. The van der Waals surface area contributed by atoms with Gasteiger partial charge in [-0.3, -0.25) is 0 Å². The Labute approximate surface area is 121 Å². The summed E-state index contributed by atoms with van der Waals surface area (Å²) in [7, 11) is 0. The molecule has 0 unspecified atom stereocenters. The Hall–Kier alpha value is -1.50. The summed E-state index contributed by atoms with van der Waals surface area (Å²) >= 11 is 0. The van der Waals surface area contributed by atoms with Crippen LogP contribution in [-0.4, -0.2) is 30.5 Å². The third-order valence-corrected chi connectivity index (χ3v) is 2.54. The van der Waals surface area contributed by atoms with Gasteiger partial charge in [0.1, 0.15) is 12.4 Å². The van der Waals surface area contributed by atoms with Crippen LogP contribution in [0.1, 0.15) is 38.3 Å². The van der Waals surface area contributed by atoms with Crippen molar-refractivity contribution >= 4 is 0 Å². The van der Waals surface area contributed by atoms with Gasteiger partial charge in [0.05, 0.1) is 18.8 Å². The molecule has 3 nitrogen and oxygen atoms in total. The molecule has 0 radical (unpaired) electrons. The molecule has 3 heteroatoms. The maximum Gasteiger partial charge on any atom is 0.119 e. The van der Waals surface area contributed by atoms with Gasteiger partial charge in [-0.05, 0) is 51.5 Å². The molecule has 1 N–H and O–H groups in total. The molecule has 0 aromatic heterocycles. The molecule has 0 saturated carbocycles. The lowest BCUT2D eigenvalue weighted by Gasteiger charge is -2.19. The van der Waals surface area contributed by atoms with E-state index in [0.29, 0.717) is 19.6 Å². The fraction of sp³-hybridized carbons (Fsp3) is 0.529. The summed E-state index contributed by atoms with van der Waals surface area (Å²) in [5, 5.41) is 8.70. The van der Waals surface area contributed by atoms with Crippen LogP contribution in [0.2, 0.25) is 0 Å². The summed E-state index contributed by atoms with van der Waals surface area (Å²) in [6.07, 6.45) is 0.502. The zero-order valence-electron chi connectivity index (χ0n) is 12.8. The third-order valence-electron chi connectivity index (χ3n) is 2.54. The fourth-order valence-corrected chi connectivity index (χ4v) is 1.59. The summed E-state index contributed by atoms with van der Waals surface area (Å²) < 4.78 is 11.2. The van der Waals surface area contributed by atoms with Gasteiger partial charge in [-0.15, -0.1) is 0 Å². The summed E-state index contributed by atoms with van der Waals surface area (Å²) in [6.45, 7) is 9.28. The first-order chi connectivity index (χ1) is 9.42. The first kappa shape index (κ1) is 16.6. The molecule has 1 rings (SSSR count). The molecular formula is C17H24O3. The normalized spacial score (nSPS) is 10.8. The number of aryl methyl sites for hydroxylation is 1. The molecule has 0 saturated heterocycles. The van der Waals surface area contributed by atoms with Crippen LogP contribution in [0.4, 0.5) is 0 Å². The van der Waals surface area contributed by atoms with Gasteiger partial charge in [0.25, 0.3) is 0 Å². The average molecular weight is 276 g/mol. The van der Waals surface area contributed by atoms with E-state index < -0.39 is 0 Å². The Bertz CT molecular complexity index is 475. The predicted octanol–water partition coefficient (Wildman–Crippen LogP) is 2.92. The molecule has 0 aliphatic rings. The predicted molar refractivity (Wildman–Crippen MR) is 81.0 cm³/mol. The van der Waals surface area contributed by atoms with Crippen molar-refractivity contribution in [2.45, 2.75) is 39.7 Å². The van der Waals surface area contributed by atoms with E-state index in [1.54, 1.807) is 0 Å². The second-order valence-corrected chi connectivity index (χ2v) is 5.56. The topological polar surface area (TPSA) is 38.7 Å². The molecular weight excluding hydrogens is 252 g/mol. The smallest absolute Gasteiger partial charge is 0.119 e. The minimum atomic E-state index is -0.134. The molecule has 0 atom stereocenters. The van der Waals surface area contributed by atoms with Crippen LogP contribution in [0, 0.1) is 18.8 Å². The van der Waals surface area contributed by atoms with Gasteiger partial charge in [-0.1, -0.05) is 11.8 Å². The minimum absolute atomic E-state index is 0.0982. The van der Waals surface area contributed by atoms with Crippen molar-refractivity contribution in [3.8, 4) is 17.6 Å².